The SMILES string of the molecule is NC(c1ccc(Cl)cc1)C1CCc2ccccc21. The van der Waals surface area contributed by atoms with Crippen LogP contribution in [-0.4, -0.2) is 0 Å². The van der Waals surface area contributed by atoms with Crippen LogP contribution in [0.4, 0.5) is 0 Å². The first-order valence-electron chi connectivity index (χ1n) is 6.34. The molecule has 2 unspecified atom stereocenters. The molecule has 0 bridgehead atoms. The van der Waals surface area contributed by atoms with E-state index in [-0.39, 0.29) is 6.04 Å². The van der Waals surface area contributed by atoms with Crippen LogP contribution in [0, 0.1) is 0 Å². The van der Waals surface area contributed by atoms with E-state index in [2.05, 4.69) is 24.3 Å². The molecule has 1 nitrogen and oxygen atoms in total. The summed E-state index contributed by atoms with van der Waals surface area (Å²) < 4.78 is 0. The monoisotopic (exact) mass is 257 g/mol. The van der Waals surface area contributed by atoms with Gasteiger partial charge in [-0.05, 0) is 41.7 Å². The van der Waals surface area contributed by atoms with Crippen LogP contribution in [-0.2, 0) is 6.42 Å². The predicted octanol–water partition coefficient (Wildman–Crippen LogP) is 4.07. The second-order valence-corrected chi connectivity index (χ2v) is 5.36. The Kier molecular flexibility index (Phi) is 3.11. The molecule has 0 fully saturated rings. The number of hydrogen-bond donors (Lipinski definition) is 1. The van der Waals surface area contributed by atoms with Crippen molar-refractivity contribution in [2.75, 3.05) is 0 Å². The first kappa shape index (κ1) is 11.8. The largest absolute Gasteiger partial charge is 0.323 e. The Balaban J connectivity index is 1.90. The molecule has 2 atom stereocenters. The van der Waals surface area contributed by atoms with Crippen LogP contribution in [0.3, 0.4) is 0 Å². The Morgan fingerprint density at radius 3 is 2.56 bits per heavy atom. The summed E-state index contributed by atoms with van der Waals surface area (Å²) in [6.45, 7) is 0. The lowest BCUT2D eigenvalue weighted by atomic mass is 9.89. The Bertz CT molecular complexity index is 547. The van der Waals surface area contributed by atoms with Crippen LogP contribution >= 0.6 is 11.6 Å². The van der Waals surface area contributed by atoms with E-state index in [0.29, 0.717) is 5.92 Å². The van der Waals surface area contributed by atoms with E-state index in [1.165, 1.54) is 16.7 Å². The minimum absolute atomic E-state index is 0.0610. The highest BCUT2D eigenvalue weighted by Gasteiger charge is 2.27. The molecule has 2 aromatic carbocycles. The molecule has 18 heavy (non-hydrogen) atoms. The quantitative estimate of drug-likeness (QED) is 0.862. The highest BCUT2D eigenvalue weighted by molar-refractivity contribution is 6.30. The van der Waals surface area contributed by atoms with Gasteiger partial charge in [-0.25, -0.2) is 0 Å². The van der Waals surface area contributed by atoms with E-state index in [1.54, 1.807) is 0 Å². The van der Waals surface area contributed by atoms with Crippen molar-refractivity contribution in [3.8, 4) is 0 Å². The first-order valence-corrected chi connectivity index (χ1v) is 6.72. The fraction of sp³-hybridized carbons (Fsp3) is 0.250. The van der Waals surface area contributed by atoms with Crippen molar-refractivity contribution in [3.05, 3.63) is 70.2 Å². The van der Waals surface area contributed by atoms with Gasteiger partial charge in [-0.3, -0.25) is 0 Å². The maximum Gasteiger partial charge on any atom is 0.0406 e. The topological polar surface area (TPSA) is 26.0 Å². The number of rotatable bonds is 2. The number of halogens is 1. The van der Waals surface area contributed by atoms with Crippen molar-refractivity contribution < 1.29 is 0 Å². The van der Waals surface area contributed by atoms with Gasteiger partial charge in [-0.15, -0.1) is 0 Å². The Morgan fingerprint density at radius 2 is 1.78 bits per heavy atom. The molecule has 0 saturated carbocycles. The fourth-order valence-corrected chi connectivity index (χ4v) is 3.01. The Morgan fingerprint density at radius 1 is 1.06 bits per heavy atom. The van der Waals surface area contributed by atoms with Gasteiger partial charge in [0.15, 0.2) is 0 Å². The summed E-state index contributed by atoms with van der Waals surface area (Å²) in [6, 6.07) is 16.6. The summed E-state index contributed by atoms with van der Waals surface area (Å²) in [5, 5.41) is 0.762. The fourth-order valence-electron chi connectivity index (χ4n) is 2.88. The van der Waals surface area contributed by atoms with Crippen LogP contribution in [0.1, 0.15) is 35.1 Å². The third-order valence-electron chi connectivity index (χ3n) is 3.87. The maximum atomic E-state index is 6.42. The predicted molar refractivity (Wildman–Crippen MR) is 75.9 cm³/mol. The average molecular weight is 258 g/mol. The summed E-state index contributed by atoms with van der Waals surface area (Å²) in [5.41, 5.74) is 10.5. The molecule has 1 aliphatic rings. The number of benzene rings is 2. The molecule has 2 N–H and O–H groups in total. The van der Waals surface area contributed by atoms with E-state index < -0.39 is 0 Å². The number of fused-ring (bicyclic) bond motifs is 1. The van der Waals surface area contributed by atoms with E-state index in [1.807, 2.05) is 24.3 Å². The van der Waals surface area contributed by atoms with Crippen molar-refractivity contribution in [3.63, 3.8) is 0 Å². The van der Waals surface area contributed by atoms with Crippen molar-refractivity contribution in [2.45, 2.75) is 24.8 Å². The van der Waals surface area contributed by atoms with Gasteiger partial charge >= 0.3 is 0 Å². The molecule has 0 saturated heterocycles. The summed E-state index contributed by atoms with van der Waals surface area (Å²) in [6.07, 6.45) is 2.28. The molecule has 0 aromatic heterocycles. The molecule has 0 spiro atoms. The Hall–Kier alpha value is -1.31. The van der Waals surface area contributed by atoms with Crippen molar-refractivity contribution >= 4 is 11.6 Å². The van der Waals surface area contributed by atoms with Gasteiger partial charge in [0.25, 0.3) is 0 Å². The smallest absolute Gasteiger partial charge is 0.0406 e. The van der Waals surface area contributed by atoms with Crippen molar-refractivity contribution in [1.82, 2.24) is 0 Å². The third-order valence-corrected chi connectivity index (χ3v) is 4.12. The number of aryl methyl sites for hydroxylation is 1. The van der Waals surface area contributed by atoms with Crippen LogP contribution in [0.25, 0.3) is 0 Å². The van der Waals surface area contributed by atoms with Crippen LogP contribution in [0.15, 0.2) is 48.5 Å². The molecule has 0 aliphatic heterocycles. The molecule has 1 aliphatic carbocycles. The molecular formula is C16H16ClN. The van der Waals surface area contributed by atoms with E-state index >= 15 is 0 Å². The van der Waals surface area contributed by atoms with E-state index in [9.17, 15) is 0 Å². The summed E-state index contributed by atoms with van der Waals surface area (Å²) in [7, 11) is 0. The van der Waals surface area contributed by atoms with Gasteiger partial charge < -0.3 is 5.73 Å². The van der Waals surface area contributed by atoms with Crippen LogP contribution in [0.2, 0.25) is 5.02 Å². The van der Waals surface area contributed by atoms with Gasteiger partial charge in [0.2, 0.25) is 0 Å². The molecule has 0 radical (unpaired) electrons. The zero-order valence-electron chi connectivity index (χ0n) is 10.1. The minimum atomic E-state index is 0.0610. The molecule has 0 heterocycles. The van der Waals surface area contributed by atoms with Gasteiger partial charge in [0.1, 0.15) is 0 Å². The number of nitrogens with two attached hydrogens (primary N) is 1. The minimum Gasteiger partial charge on any atom is -0.323 e. The molecular weight excluding hydrogens is 242 g/mol. The second-order valence-electron chi connectivity index (χ2n) is 4.92. The van der Waals surface area contributed by atoms with E-state index in [4.69, 9.17) is 17.3 Å². The third kappa shape index (κ3) is 2.05. The van der Waals surface area contributed by atoms with Gasteiger partial charge in [0.05, 0.1) is 0 Å². The van der Waals surface area contributed by atoms with E-state index in [0.717, 1.165) is 17.9 Å². The lowest BCUT2D eigenvalue weighted by Gasteiger charge is -2.20. The van der Waals surface area contributed by atoms with Crippen molar-refractivity contribution in [2.24, 2.45) is 5.73 Å². The lowest BCUT2D eigenvalue weighted by Crippen LogP contribution is -2.18. The zero-order chi connectivity index (χ0) is 12.5. The van der Waals surface area contributed by atoms with Crippen LogP contribution < -0.4 is 5.73 Å². The van der Waals surface area contributed by atoms with Gasteiger partial charge in [-0.1, -0.05) is 48.0 Å². The molecule has 92 valence electrons. The highest BCUT2D eigenvalue weighted by Crippen LogP contribution is 2.40. The summed E-state index contributed by atoms with van der Waals surface area (Å²) in [4.78, 5) is 0. The molecule has 2 heteroatoms. The first-order chi connectivity index (χ1) is 8.75. The zero-order valence-corrected chi connectivity index (χ0v) is 10.9. The summed E-state index contributed by atoms with van der Waals surface area (Å²) in [5.74, 6) is 0.433. The molecule has 0 amide bonds. The van der Waals surface area contributed by atoms with Gasteiger partial charge in [0, 0.05) is 17.0 Å². The summed E-state index contributed by atoms with van der Waals surface area (Å²) >= 11 is 5.92. The normalized spacial score (nSPS) is 19.6. The maximum absolute atomic E-state index is 6.42. The average Bonchev–Trinajstić information content (AvgIpc) is 2.82. The van der Waals surface area contributed by atoms with Crippen LogP contribution in [0.5, 0.6) is 0 Å². The molecule has 3 rings (SSSR count). The standard InChI is InChI=1S/C16H16ClN/c17-13-8-5-12(6-9-13)16(18)15-10-7-11-3-1-2-4-14(11)15/h1-6,8-9,15-16H,7,10,18H2. The second kappa shape index (κ2) is 4.75. The number of hydrogen-bond acceptors (Lipinski definition) is 1. The molecule has 2 aromatic rings. The Labute approximate surface area is 113 Å². The van der Waals surface area contributed by atoms with Crippen molar-refractivity contribution in [1.29, 1.82) is 0 Å². The van der Waals surface area contributed by atoms with Gasteiger partial charge in [-0.2, -0.15) is 0 Å². The lowest BCUT2D eigenvalue weighted by molar-refractivity contribution is 0.551. The highest BCUT2D eigenvalue weighted by atomic mass is 35.5.